The van der Waals surface area contributed by atoms with Gasteiger partial charge in [-0.25, -0.2) is 4.98 Å². The van der Waals surface area contributed by atoms with Gasteiger partial charge in [-0.1, -0.05) is 42.8 Å². The molecule has 25 heavy (non-hydrogen) atoms. The number of aromatic amines is 1. The third-order valence-electron chi connectivity index (χ3n) is 4.65. The number of H-pyrrole nitrogens is 1. The van der Waals surface area contributed by atoms with Crippen LogP contribution in [0, 0.1) is 0 Å². The minimum Gasteiger partial charge on any atom is -0.342 e. The highest BCUT2D eigenvalue weighted by Gasteiger charge is 2.23. The van der Waals surface area contributed by atoms with Gasteiger partial charge in [-0.05, 0) is 25.8 Å². The van der Waals surface area contributed by atoms with Crippen molar-refractivity contribution in [3.05, 3.63) is 24.3 Å². The highest BCUT2D eigenvalue weighted by molar-refractivity contribution is 8.00. The quantitative estimate of drug-likeness (QED) is 0.729. The molecule has 1 atom stereocenters. The van der Waals surface area contributed by atoms with Gasteiger partial charge in [0.25, 0.3) is 0 Å². The van der Waals surface area contributed by atoms with Gasteiger partial charge in [0.05, 0.1) is 5.25 Å². The minimum absolute atomic E-state index is 0.173. The van der Waals surface area contributed by atoms with Crippen molar-refractivity contribution >= 4 is 39.7 Å². The Labute approximate surface area is 150 Å². The van der Waals surface area contributed by atoms with E-state index in [1.165, 1.54) is 24.6 Å². The van der Waals surface area contributed by atoms with Crippen molar-refractivity contribution in [1.29, 1.82) is 0 Å². The number of carbonyl (C=O) groups is 1. The molecule has 1 N–H and O–H groups in total. The third kappa shape index (κ3) is 3.33. The van der Waals surface area contributed by atoms with Crippen LogP contribution in [0.1, 0.15) is 32.6 Å². The number of amides is 1. The molecule has 6 nitrogen and oxygen atoms in total. The van der Waals surface area contributed by atoms with E-state index >= 15 is 0 Å². The molecule has 1 amide bonds. The minimum atomic E-state index is -0.207. The van der Waals surface area contributed by atoms with Crippen LogP contribution in [0.15, 0.2) is 29.4 Å². The Bertz CT molecular complexity index is 901. The zero-order valence-electron chi connectivity index (χ0n) is 14.2. The Hall–Kier alpha value is -2.15. The van der Waals surface area contributed by atoms with E-state index in [-0.39, 0.29) is 11.2 Å². The standard InChI is InChI=1S/C18H21N5OS/c1-12(17(24)23-10-6-2-3-7-11-23)25-18-20-16-15(21-22-18)13-8-4-5-9-14(13)19-16/h4-5,8-9,12H,2-3,6-7,10-11H2,1H3,(H,19,20,22). The molecular weight excluding hydrogens is 334 g/mol. The molecule has 3 heterocycles. The Balaban J connectivity index is 1.53. The van der Waals surface area contributed by atoms with Crippen LogP contribution in [0.4, 0.5) is 0 Å². The van der Waals surface area contributed by atoms with Gasteiger partial charge >= 0.3 is 0 Å². The Morgan fingerprint density at radius 2 is 1.92 bits per heavy atom. The van der Waals surface area contributed by atoms with Crippen LogP contribution in [0.5, 0.6) is 0 Å². The summed E-state index contributed by atoms with van der Waals surface area (Å²) in [5.74, 6) is 0.173. The van der Waals surface area contributed by atoms with Gasteiger partial charge in [-0.2, -0.15) is 0 Å². The molecule has 0 bridgehead atoms. The summed E-state index contributed by atoms with van der Waals surface area (Å²) in [5.41, 5.74) is 2.48. The van der Waals surface area contributed by atoms with Crippen LogP contribution in [0.2, 0.25) is 0 Å². The van der Waals surface area contributed by atoms with Crippen LogP contribution in [0.3, 0.4) is 0 Å². The molecule has 3 aromatic rings. The number of hydrogen-bond donors (Lipinski definition) is 1. The number of thioether (sulfide) groups is 1. The van der Waals surface area contributed by atoms with Crippen LogP contribution < -0.4 is 0 Å². The number of carbonyl (C=O) groups excluding carboxylic acids is 1. The number of benzene rings is 1. The lowest BCUT2D eigenvalue weighted by Crippen LogP contribution is -2.37. The van der Waals surface area contributed by atoms with Gasteiger partial charge in [0.1, 0.15) is 5.52 Å². The van der Waals surface area contributed by atoms with E-state index in [1.807, 2.05) is 36.1 Å². The second-order valence-electron chi connectivity index (χ2n) is 6.46. The summed E-state index contributed by atoms with van der Waals surface area (Å²) in [4.78, 5) is 22.5. The summed E-state index contributed by atoms with van der Waals surface area (Å²) >= 11 is 1.38. The van der Waals surface area contributed by atoms with E-state index in [4.69, 9.17) is 0 Å². The Morgan fingerprint density at radius 3 is 2.72 bits per heavy atom. The molecule has 7 heteroatoms. The van der Waals surface area contributed by atoms with E-state index in [2.05, 4.69) is 20.2 Å². The molecule has 1 aromatic carbocycles. The first-order chi connectivity index (χ1) is 12.2. The zero-order valence-corrected chi connectivity index (χ0v) is 15.1. The number of rotatable bonds is 3. The monoisotopic (exact) mass is 355 g/mol. The maximum Gasteiger partial charge on any atom is 0.235 e. The molecule has 1 fully saturated rings. The summed E-state index contributed by atoms with van der Waals surface area (Å²) in [6.07, 6.45) is 4.63. The van der Waals surface area contributed by atoms with Crippen molar-refractivity contribution in [3.63, 3.8) is 0 Å². The molecule has 1 unspecified atom stereocenters. The molecule has 0 spiro atoms. The lowest BCUT2D eigenvalue weighted by Gasteiger charge is -2.23. The van der Waals surface area contributed by atoms with Crippen LogP contribution in [-0.4, -0.2) is 49.3 Å². The van der Waals surface area contributed by atoms with E-state index in [9.17, 15) is 4.79 Å². The summed E-state index contributed by atoms with van der Waals surface area (Å²) in [6, 6.07) is 7.95. The number of fused-ring (bicyclic) bond motifs is 3. The Kier molecular flexibility index (Phi) is 4.57. The third-order valence-corrected chi connectivity index (χ3v) is 5.59. The molecule has 0 saturated carbocycles. The summed E-state index contributed by atoms with van der Waals surface area (Å²) in [5, 5.41) is 9.89. The topological polar surface area (TPSA) is 74.8 Å². The van der Waals surface area contributed by atoms with Gasteiger partial charge in [-0.3, -0.25) is 4.79 Å². The zero-order chi connectivity index (χ0) is 17.2. The van der Waals surface area contributed by atoms with Gasteiger partial charge in [0.2, 0.25) is 11.1 Å². The largest absolute Gasteiger partial charge is 0.342 e. The molecule has 1 aliphatic rings. The first-order valence-electron chi connectivity index (χ1n) is 8.79. The normalized spacial score (nSPS) is 16.9. The number of para-hydroxylation sites is 1. The van der Waals surface area contributed by atoms with Crippen molar-refractivity contribution in [2.75, 3.05) is 13.1 Å². The average Bonchev–Trinajstić information content (AvgIpc) is 2.80. The maximum absolute atomic E-state index is 12.7. The van der Waals surface area contributed by atoms with E-state index in [0.717, 1.165) is 42.4 Å². The van der Waals surface area contributed by atoms with E-state index in [1.54, 1.807) is 0 Å². The summed E-state index contributed by atoms with van der Waals surface area (Å²) in [6.45, 7) is 3.66. The summed E-state index contributed by atoms with van der Waals surface area (Å²) in [7, 11) is 0. The molecule has 4 rings (SSSR count). The van der Waals surface area contributed by atoms with Crippen LogP contribution >= 0.6 is 11.8 Å². The fraction of sp³-hybridized carbons (Fsp3) is 0.444. The smallest absolute Gasteiger partial charge is 0.235 e. The first-order valence-corrected chi connectivity index (χ1v) is 9.67. The maximum atomic E-state index is 12.7. The molecular formula is C18H21N5OS. The first kappa shape index (κ1) is 16.3. The lowest BCUT2D eigenvalue weighted by molar-refractivity contribution is -0.130. The second kappa shape index (κ2) is 7.00. The molecule has 1 aliphatic heterocycles. The van der Waals surface area contributed by atoms with E-state index in [0.29, 0.717) is 10.8 Å². The molecule has 0 aliphatic carbocycles. The van der Waals surface area contributed by atoms with Gasteiger partial charge in [-0.15, -0.1) is 10.2 Å². The Morgan fingerprint density at radius 1 is 1.16 bits per heavy atom. The predicted molar refractivity (Wildman–Crippen MR) is 99.6 cm³/mol. The molecule has 130 valence electrons. The molecule has 1 saturated heterocycles. The van der Waals surface area contributed by atoms with Gasteiger partial charge in [0, 0.05) is 24.0 Å². The number of nitrogens with zero attached hydrogens (tertiary/aromatic N) is 4. The summed E-state index contributed by atoms with van der Waals surface area (Å²) < 4.78 is 0. The predicted octanol–water partition coefficient (Wildman–Crippen LogP) is 3.39. The van der Waals surface area contributed by atoms with E-state index < -0.39 is 0 Å². The van der Waals surface area contributed by atoms with Crippen molar-refractivity contribution in [1.82, 2.24) is 25.1 Å². The van der Waals surface area contributed by atoms with Crippen LogP contribution in [-0.2, 0) is 4.79 Å². The van der Waals surface area contributed by atoms with Crippen molar-refractivity contribution < 1.29 is 4.79 Å². The lowest BCUT2D eigenvalue weighted by atomic mass is 10.2. The van der Waals surface area contributed by atoms with Crippen molar-refractivity contribution in [2.45, 2.75) is 43.0 Å². The number of likely N-dealkylation sites (tertiary alicyclic amines) is 1. The SMILES string of the molecule is CC(Sc1nnc2c(n1)[nH]c1ccccc12)C(=O)N1CCCCCC1. The molecule has 2 aromatic heterocycles. The van der Waals surface area contributed by atoms with Crippen molar-refractivity contribution in [3.8, 4) is 0 Å². The second-order valence-corrected chi connectivity index (χ2v) is 7.77. The highest BCUT2D eigenvalue weighted by Crippen LogP contribution is 2.26. The number of nitrogens with one attached hydrogen (secondary N) is 1. The highest BCUT2D eigenvalue weighted by atomic mass is 32.2. The van der Waals surface area contributed by atoms with Crippen LogP contribution in [0.25, 0.3) is 22.1 Å². The van der Waals surface area contributed by atoms with Crippen molar-refractivity contribution in [2.24, 2.45) is 0 Å². The fourth-order valence-electron chi connectivity index (χ4n) is 3.31. The van der Waals surface area contributed by atoms with Gasteiger partial charge in [0.15, 0.2) is 5.65 Å². The fourth-order valence-corrected chi connectivity index (χ4v) is 4.11. The average molecular weight is 355 g/mol. The molecule has 0 radical (unpaired) electrons. The number of hydrogen-bond acceptors (Lipinski definition) is 5. The number of aromatic nitrogens is 4. The van der Waals surface area contributed by atoms with Gasteiger partial charge < -0.3 is 9.88 Å².